The van der Waals surface area contributed by atoms with Gasteiger partial charge in [0, 0.05) is 0 Å². The monoisotopic (exact) mass is 378 g/mol. The highest BCUT2D eigenvalue weighted by atomic mass is 79.9. The molecule has 7 heteroatoms. The molecule has 0 saturated carbocycles. The summed E-state index contributed by atoms with van der Waals surface area (Å²) in [5, 5.41) is 3.40. The Kier molecular flexibility index (Phi) is 5.35. The summed E-state index contributed by atoms with van der Waals surface area (Å²) in [5.74, 6) is -0.556. The summed E-state index contributed by atoms with van der Waals surface area (Å²) in [4.78, 5) is 15.9. The van der Waals surface area contributed by atoms with E-state index < -0.39 is 5.82 Å². The Bertz CT molecular complexity index is 634. The molecule has 108 valence electrons. The number of hydrogen-bond acceptors (Lipinski definition) is 3. The van der Waals surface area contributed by atoms with Crippen molar-refractivity contribution >= 4 is 60.1 Å². The lowest BCUT2D eigenvalue weighted by molar-refractivity contribution is -0.115. The number of nitrogens with one attached hydrogen (secondary N) is 1. The highest BCUT2D eigenvalue weighted by molar-refractivity contribution is 9.10. The summed E-state index contributed by atoms with van der Waals surface area (Å²) in [6.45, 7) is 2.07. The Balaban J connectivity index is 2.14. The Labute approximate surface area is 133 Å². The number of benzene rings is 1. The van der Waals surface area contributed by atoms with E-state index in [9.17, 15) is 9.18 Å². The van der Waals surface area contributed by atoms with Crippen LogP contribution >= 0.6 is 38.9 Å². The molecular weight excluding hydrogens is 367 g/mol. The van der Waals surface area contributed by atoms with Gasteiger partial charge in [-0.15, -0.1) is 0 Å². The lowest BCUT2D eigenvalue weighted by Gasteiger charge is -2.07. The molecule has 0 aliphatic rings. The molecule has 20 heavy (non-hydrogen) atoms. The molecule has 1 atom stereocenters. The Morgan fingerprint density at radius 2 is 2.35 bits per heavy atom. The average Bonchev–Trinajstić information content (AvgIpc) is 2.78. The molecule has 1 aromatic heterocycles. The zero-order valence-electron chi connectivity index (χ0n) is 10.8. The second-order valence-corrected chi connectivity index (χ2v) is 6.90. The van der Waals surface area contributed by atoms with Gasteiger partial charge in [-0.1, -0.05) is 58.6 Å². The number of thiazole rings is 1. The van der Waals surface area contributed by atoms with Crippen molar-refractivity contribution in [2.75, 3.05) is 5.32 Å². The lowest BCUT2D eigenvalue weighted by atomic mass is 10.2. The maximum Gasteiger partial charge on any atom is 0.239 e. The highest BCUT2D eigenvalue weighted by Gasteiger charge is 2.17. The first kappa shape index (κ1) is 15.7. The van der Waals surface area contributed by atoms with Crippen molar-refractivity contribution < 1.29 is 9.18 Å². The number of anilines is 1. The van der Waals surface area contributed by atoms with Crippen LogP contribution in [0.5, 0.6) is 0 Å². The number of carbonyl (C=O) groups excluding carboxylic acids is 1. The van der Waals surface area contributed by atoms with Crippen molar-refractivity contribution in [3.63, 3.8) is 0 Å². The second-order valence-electron chi connectivity index (χ2n) is 4.35. The SMILES string of the molecule is CCCC[C@H](Br)C(=O)Nc1nc2c(Cl)cc(F)cc2s1. The van der Waals surface area contributed by atoms with E-state index in [0.29, 0.717) is 15.3 Å². The van der Waals surface area contributed by atoms with Crippen molar-refractivity contribution in [1.82, 2.24) is 4.98 Å². The number of fused-ring (bicyclic) bond motifs is 1. The summed E-state index contributed by atoms with van der Waals surface area (Å²) < 4.78 is 13.9. The van der Waals surface area contributed by atoms with Crippen LogP contribution < -0.4 is 5.32 Å². The van der Waals surface area contributed by atoms with Crippen LogP contribution in [0.4, 0.5) is 9.52 Å². The fourth-order valence-electron chi connectivity index (χ4n) is 1.71. The fraction of sp³-hybridized carbons (Fsp3) is 0.385. The first-order valence-corrected chi connectivity index (χ1v) is 8.32. The molecule has 0 bridgehead atoms. The topological polar surface area (TPSA) is 42.0 Å². The van der Waals surface area contributed by atoms with E-state index in [1.165, 1.54) is 23.5 Å². The first-order valence-electron chi connectivity index (χ1n) is 6.21. The van der Waals surface area contributed by atoms with Gasteiger partial charge in [0.25, 0.3) is 0 Å². The summed E-state index contributed by atoms with van der Waals surface area (Å²) in [7, 11) is 0. The zero-order chi connectivity index (χ0) is 14.7. The molecule has 0 radical (unpaired) electrons. The molecule has 2 aromatic rings. The Morgan fingerprint density at radius 1 is 1.60 bits per heavy atom. The van der Waals surface area contributed by atoms with E-state index in [1.54, 1.807) is 0 Å². The largest absolute Gasteiger partial charge is 0.301 e. The van der Waals surface area contributed by atoms with E-state index in [-0.39, 0.29) is 15.8 Å². The van der Waals surface area contributed by atoms with Gasteiger partial charge in [-0.05, 0) is 18.6 Å². The van der Waals surface area contributed by atoms with Gasteiger partial charge < -0.3 is 5.32 Å². The zero-order valence-corrected chi connectivity index (χ0v) is 13.9. The summed E-state index contributed by atoms with van der Waals surface area (Å²) in [6, 6.07) is 2.57. The number of halogens is 3. The molecule has 1 heterocycles. The number of alkyl halides is 1. The fourth-order valence-corrected chi connectivity index (χ4v) is 3.37. The average molecular weight is 380 g/mol. The van der Waals surface area contributed by atoms with Gasteiger partial charge in [0.2, 0.25) is 5.91 Å². The molecule has 0 aliphatic carbocycles. The van der Waals surface area contributed by atoms with Crippen LogP contribution in [0.15, 0.2) is 12.1 Å². The highest BCUT2D eigenvalue weighted by Crippen LogP contribution is 2.32. The van der Waals surface area contributed by atoms with E-state index in [0.717, 1.165) is 19.3 Å². The number of rotatable bonds is 5. The normalized spacial score (nSPS) is 12.6. The summed E-state index contributed by atoms with van der Waals surface area (Å²) in [6.07, 6.45) is 2.77. The van der Waals surface area contributed by atoms with Gasteiger partial charge in [0.15, 0.2) is 5.13 Å². The first-order chi connectivity index (χ1) is 9.51. The summed E-state index contributed by atoms with van der Waals surface area (Å²) in [5.41, 5.74) is 0.507. The predicted octanol–water partition coefficient (Wildman–Crippen LogP) is 4.98. The number of hydrogen-bond donors (Lipinski definition) is 1. The van der Waals surface area contributed by atoms with Crippen molar-refractivity contribution in [3.05, 3.63) is 23.0 Å². The van der Waals surface area contributed by atoms with Gasteiger partial charge in [0.05, 0.1) is 14.5 Å². The second kappa shape index (κ2) is 6.83. The number of carbonyl (C=O) groups is 1. The van der Waals surface area contributed by atoms with E-state index in [1.807, 2.05) is 0 Å². The Morgan fingerprint density at radius 3 is 3.05 bits per heavy atom. The van der Waals surface area contributed by atoms with Crippen LogP contribution in [-0.2, 0) is 4.79 Å². The number of aromatic nitrogens is 1. The molecule has 1 aromatic carbocycles. The van der Waals surface area contributed by atoms with E-state index in [4.69, 9.17) is 11.6 Å². The molecular formula is C13H13BrClFN2OS. The van der Waals surface area contributed by atoms with E-state index in [2.05, 4.69) is 33.2 Å². The minimum Gasteiger partial charge on any atom is -0.301 e. The number of amides is 1. The maximum absolute atomic E-state index is 13.2. The van der Waals surface area contributed by atoms with Gasteiger partial charge >= 0.3 is 0 Å². The van der Waals surface area contributed by atoms with Crippen LogP contribution in [-0.4, -0.2) is 15.7 Å². The van der Waals surface area contributed by atoms with Crippen LogP contribution in [0, 0.1) is 5.82 Å². The number of unbranched alkanes of at least 4 members (excludes halogenated alkanes) is 1. The minimum absolute atomic E-state index is 0.144. The maximum atomic E-state index is 13.2. The summed E-state index contributed by atoms with van der Waals surface area (Å²) >= 11 is 10.5. The number of nitrogens with zero attached hydrogens (tertiary/aromatic N) is 1. The van der Waals surface area contributed by atoms with Crippen LogP contribution in [0.2, 0.25) is 5.02 Å². The van der Waals surface area contributed by atoms with Crippen LogP contribution in [0.3, 0.4) is 0 Å². The molecule has 0 fully saturated rings. The quantitative estimate of drug-likeness (QED) is 0.744. The van der Waals surface area contributed by atoms with Gasteiger partial charge in [0.1, 0.15) is 11.3 Å². The molecule has 0 aliphatic heterocycles. The molecule has 0 unspecified atom stereocenters. The minimum atomic E-state index is -0.412. The third kappa shape index (κ3) is 3.68. The molecule has 3 nitrogen and oxygen atoms in total. The van der Waals surface area contributed by atoms with Crippen molar-refractivity contribution in [2.45, 2.75) is 31.0 Å². The molecule has 2 rings (SSSR count). The molecule has 1 amide bonds. The smallest absolute Gasteiger partial charge is 0.239 e. The third-order valence-corrected chi connectivity index (χ3v) is 4.82. The van der Waals surface area contributed by atoms with Crippen molar-refractivity contribution in [1.29, 1.82) is 0 Å². The van der Waals surface area contributed by atoms with Crippen LogP contribution in [0.1, 0.15) is 26.2 Å². The molecule has 0 saturated heterocycles. The van der Waals surface area contributed by atoms with E-state index >= 15 is 0 Å². The predicted molar refractivity (Wildman–Crippen MR) is 85.5 cm³/mol. The van der Waals surface area contributed by atoms with Crippen LogP contribution in [0.25, 0.3) is 10.2 Å². The van der Waals surface area contributed by atoms with Crippen molar-refractivity contribution in [2.24, 2.45) is 0 Å². The standard InChI is InChI=1S/C13H13BrClFN2OS/c1-2-3-4-8(14)12(19)18-13-17-11-9(15)5-7(16)6-10(11)20-13/h5-6,8H,2-4H2,1H3,(H,17,18,19)/t8-/m0/s1. The lowest BCUT2D eigenvalue weighted by Crippen LogP contribution is -2.22. The molecule has 1 N–H and O–H groups in total. The van der Waals surface area contributed by atoms with Gasteiger partial charge in [-0.3, -0.25) is 4.79 Å². The Hall–Kier alpha value is -0.720. The third-order valence-electron chi connectivity index (χ3n) is 2.74. The van der Waals surface area contributed by atoms with Gasteiger partial charge in [-0.25, -0.2) is 9.37 Å². The molecule has 0 spiro atoms. The van der Waals surface area contributed by atoms with Gasteiger partial charge in [-0.2, -0.15) is 0 Å². The van der Waals surface area contributed by atoms with Crippen molar-refractivity contribution in [3.8, 4) is 0 Å².